The smallest absolute Gasteiger partial charge is 0.308 e. The third kappa shape index (κ3) is 2.64. The molecule has 2 N–H and O–H groups in total. The van der Waals surface area contributed by atoms with Gasteiger partial charge in [0, 0.05) is 12.2 Å². The highest BCUT2D eigenvalue weighted by molar-refractivity contribution is 5.94. The molecule has 1 aromatic heterocycles. The largest absolute Gasteiger partial charge is 0.481 e. The van der Waals surface area contributed by atoms with Gasteiger partial charge in [-0.05, 0) is 18.9 Å². The molecule has 0 spiro atoms. The van der Waals surface area contributed by atoms with Gasteiger partial charge in [0.1, 0.15) is 5.82 Å². The van der Waals surface area contributed by atoms with Crippen LogP contribution in [0.15, 0.2) is 18.5 Å². The van der Waals surface area contributed by atoms with Crippen LogP contribution in [0.25, 0.3) is 0 Å². The van der Waals surface area contributed by atoms with Crippen molar-refractivity contribution in [3.63, 3.8) is 0 Å². The van der Waals surface area contributed by atoms with E-state index in [4.69, 9.17) is 5.11 Å². The Morgan fingerprint density at radius 3 is 2.83 bits per heavy atom. The summed E-state index contributed by atoms with van der Waals surface area (Å²) in [5.41, 5.74) is 0.103. The van der Waals surface area contributed by atoms with E-state index in [1.807, 2.05) is 0 Å². The Hall–Kier alpha value is -1.98. The Kier molecular flexibility index (Phi) is 3.55. The van der Waals surface area contributed by atoms with Crippen LogP contribution in [0.4, 0.5) is 4.39 Å². The van der Waals surface area contributed by atoms with Crippen molar-refractivity contribution >= 4 is 11.9 Å². The standard InChI is InChI=1S/C12H13FN2O3/c13-8-4-7(5-14-6-8)11(16)15-10-3-1-2-9(10)12(17)18/h4-6,9-10H,1-3H2,(H,15,16)(H,17,18). The van der Waals surface area contributed by atoms with Gasteiger partial charge in [-0.3, -0.25) is 14.6 Å². The number of nitrogens with zero attached hydrogens (tertiary/aromatic N) is 1. The number of hydrogen-bond acceptors (Lipinski definition) is 3. The molecule has 6 heteroatoms. The minimum Gasteiger partial charge on any atom is -0.481 e. The summed E-state index contributed by atoms with van der Waals surface area (Å²) in [5, 5.41) is 11.6. The van der Waals surface area contributed by atoms with Crippen LogP contribution in [0, 0.1) is 11.7 Å². The maximum atomic E-state index is 12.9. The topological polar surface area (TPSA) is 79.3 Å². The van der Waals surface area contributed by atoms with Crippen LogP contribution in [0.5, 0.6) is 0 Å². The molecule has 5 nitrogen and oxygen atoms in total. The number of nitrogens with one attached hydrogen (secondary N) is 1. The molecule has 1 aliphatic carbocycles. The van der Waals surface area contributed by atoms with Crippen LogP contribution in [0.3, 0.4) is 0 Å². The fourth-order valence-electron chi connectivity index (χ4n) is 2.22. The fraction of sp³-hybridized carbons (Fsp3) is 0.417. The van der Waals surface area contributed by atoms with E-state index < -0.39 is 29.7 Å². The predicted molar refractivity (Wildman–Crippen MR) is 60.4 cm³/mol. The van der Waals surface area contributed by atoms with E-state index in [2.05, 4.69) is 10.3 Å². The number of carboxylic acids is 1. The first kappa shape index (κ1) is 12.5. The zero-order chi connectivity index (χ0) is 13.1. The van der Waals surface area contributed by atoms with Gasteiger partial charge < -0.3 is 10.4 Å². The SMILES string of the molecule is O=C(NC1CCCC1C(=O)O)c1cncc(F)c1. The third-order valence-electron chi connectivity index (χ3n) is 3.12. The van der Waals surface area contributed by atoms with Gasteiger partial charge in [0.2, 0.25) is 0 Å². The molecule has 2 rings (SSSR count). The van der Waals surface area contributed by atoms with E-state index in [-0.39, 0.29) is 5.56 Å². The van der Waals surface area contributed by atoms with Crippen LogP contribution in [-0.4, -0.2) is 28.0 Å². The maximum Gasteiger partial charge on any atom is 0.308 e. The quantitative estimate of drug-likeness (QED) is 0.847. The zero-order valence-electron chi connectivity index (χ0n) is 9.60. The fourth-order valence-corrected chi connectivity index (χ4v) is 2.22. The van der Waals surface area contributed by atoms with Gasteiger partial charge in [-0.1, -0.05) is 6.42 Å². The zero-order valence-corrected chi connectivity index (χ0v) is 9.60. The van der Waals surface area contributed by atoms with Crippen LogP contribution in [0.2, 0.25) is 0 Å². The van der Waals surface area contributed by atoms with Crippen LogP contribution in [0.1, 0.15) is 29.6 Å². The van der Waals surface area contributed by atoms with Crippen molar-refractivity contribution in [2.45, 2.75) is 25.3 Å². The van der Waals surface area contributed by atoms with Crippen molar-refractivity contribution in [2.75, 3.05) is 0 Å². The second-order valence-electron chi connectivity index (χ2n) is 4.35. The van der Waals surface area contributed by atoms with E-state index in [1.165, 1.54) is 6.20 Å². The normalized spacial score (nSPS) is 22.7. The minimum absolute atomic E-state index is 0.103. The van der Waals surface area contributed by atoms with Crippen molar-refractivity contribution < 1.29 is 19.1 Å². The van der Waals surface area contributed by atoms with Gasteiger partial charge in [-0.15, -0.1) is 0 Å². The molecule has 0 bridgehead atoms. The van der Waals surface area contributed by atoms with E-state index in [0.717, 1.165) is 18.7 Å². The molecule has 0 aromatic carbocycles. The number of pyridine rings is 1. The number of aliphatic carboxylic acids is 1. The van der Waals surface area contributed by atoms with Crippen molar-refractivity contribution in [1.82, 2.24) is 10.3 Å². The lowest BCUT2D eigenvalue weighted by molar-refractivity contribution is -0.142. The molecule has 1 aromatic rings. The Balaban J connectivity index is 2.05. The molecule has 1 saturated carbocycles. The molecule has 1 amide bonds. The summed E-state index contributed by atoms with van der Waals surface area (Å²) < 4.78 is 12.9. The number of carboxylic acid groups (broad SMARTS) is 1. The highest BCUT2D eigenvalue weighted by atomic mass is 19.1. The van der Waals surface area contributed by atoms with Gasteiger partial charge >= 0.3 is 5.97 Å². The third-order valence-corrected chi connectivity index (χ3v) is 3.12. The molecule has 1 aliphatic rings. The molecule has 0 radical (unpaired) electrons. The molecule has 96 valence electrons. The van der Waals surface area contributed by atoms with Gasteiger partial charge in [-0.2, -0.15) is 0 Å². The molecular weight excluding hydrogens is 239 g/mol. The highest BCUT2D eigenvalue weighted by Crippen LogP contribution is 2.26. The molecule has 0 saturated heterocycles. The van der Waals surface area contributed by atoms with E-state index >= 15 is 0 Å². The monoisotopic (exact) mass is 252 g/mol. The lowest BCUT2D eigenvalue weighted by Gasteiger charge is -2.17. The van der Waals surface area contributed by atoms with Crippen molar-refractivity contribution in [1.29, 1.82) is 0 Å². The molecule has 0 aliphatic heterocycles. The van der Waals surface area contributed by atoms with Gasteiger partial charge in [0.15, 0.2) is 0 Å². The Labute approximate surface area is 103 Å². The average molecular weight is 252 g/mol. The second-order valence-corrected chi connectivity index (χ2v) is 4.35. The van der Waals surface area contributed by atoms with E-state index in [0.29, 0.717) is 12.8 Å². The first-order chi connectivity index (χ1) is 8.58. The Bertz CT molecular complexity index is 478. The number of halogens is 1. The molecule has 1 heterocycles. The van der Waals surface area contributed by atoms with E-state index in [1.54, 1.807) is 0 Å². The number of carbonyl (C=O) groups is 2. The number of carbonyl (C=O) groups excluding carboxylic acids is 1. The predicted octanol–water partition coefficient (Wildman–Crippen LogP) is 1.20. The molecule has 2 atom stereocenters. The summed E-state index contributed by atoms with van der Waals surface area (Å²) in [6, 6.07) is 0.686. The summed E-state index contributed by atoms with van der Waals surface area (Å²) >= 11 is 0. The Morgan fingerprint density at radius 1 is 1.39 bits per heavy atom. The summed E-state index contributed by atoms with van der Waals surface area (Å²) in [6.07, 6.45) is 4.21. The molecule has 18 heavy (non-hydrogen) atoms. The number of aromatic nitrogens is 1. The van der Waals surface area contributed by atoms with Crippen LogP contribution in [-0.2, 0) is 4.79 Å². The summed E-state index contributed by atoms with van der Waals surface area (Å²) in [5.74, 6) is -2.55. The first-order valence-corrected chi connectivity index (χ1v) is 5.72. The lowest BCUT2D eigenvalue weighted by atomic mass is 10.0. The van der Waals surface area contributed by atoms with Gasteiger partial charge in [0.05, 0.1) is 17.7 Å². The Morgan fingerprint density at radius 2 is 2.17 bits per heavy atom. The second kappa shape index (κ2) is 5.12. The van der Waals surface area contributed by atoms with Crippen molar-refractivity contribution in [2.24, 2.45) is 5.92 Å². The van der Waals surface area contributed by atoms with Crippen molar-refractivity contribution in [3.05, 3.63) is 29.8 Å². The summed E-state index contributed by atoms with van der Waals surface area (Å²) in [7, 11) is 0. The summed E-state index contributed by atoms with van der Waals surface area (Å²) in [4.78, 5) is 26.4. The maximum absolute atomic E-state index is 12.9. The van der Waals surface area contributed by atoms with Crippen LogP contribution < -0.4 is 5.32 Å². The number of amides is 1. The molecular formula is C12H13FN2O3. The lowest BCUT2D eigenvalue weighted by Crippen LogP contribution is -2.40. The highest BCUT2D eigenvalue weighted by Gasteiger charge is 2.34. The first-order valence-electron chi connectivity index (χ1n) is 5.72. The minimum atomic E-state index is -0.907. The molecule has 2 unspecified atom stereocenters. The number of rotatable bonds is 3. The van der Waals surface area contributed by atoms with Crippen LogP contribution >= 0.6 is 0 Å². The summed E-state index contributed by atoms with van der Waals surface area (Å²) in [6.45, 7) is 0. The number of hydrogen-bond donors (Lipinski definition) is 2. The van der Waals surface area contributed by atoms with E-state index in [9.17, 15) is 14.0 Å². The average Bonchev–Trinajstić information content (AvgIpc) is 2.77. The van der Waals surface area contributed by atoms with Gasteiger partial charge in [-0.25, -0.2) is 4.39 Å². The van der Waals surface area contributed by atoms with Gasteiger partial charge in [0.25, 0.3) is 5.91 Å². The molecule has 1 fully saturated rings. The van der Waals surface area contributed by atoms with Crippen molar-refractivity contribution in [3.8, 4) is 0 Å².